The van der Waals surface area contributed by atoms with Crippen molar-refractivity contribution in [1.29, 1.82) is 0 Å². The lowest BCUT2D eigenvalue weighted by atomic mass is 10.1. The molecule has 44 heavy (non-hydrogen) atoms. The van der Waals surface area contributed by atoms with Crippen LogP contribution in [0.25, 0.3) is 0 Å². The Morgan fingerprint density at radius 3 is 2.11 bits per heavy atom. The molecule has 230 valence electrons. The normalized spacial score (nSPS) is 13.3. The van der Waals surface area contributed by atoms with Crippen molar-refractivity contribution in [3.8, 4) is 23.0 Å². The van der Waals surface area contributed by atoms with Crippen LogP contribution < -0.4 is 34.1 Å². The molecule has 2 heterocycles. The Kier molecular flexibility index (Phi) is 9.35. The number of amides is 1. The first kappa shape index (κ1) is 30.4. The molecular weight excluding hydrogens is 560 g/mol. The summed E-state index contributed by atoms with van der Waals surface area (Å²) in [5.74, 6) is 2.85. The highest BCUT2D eigenvalue weighted by Gasteiger charge is 2.27. The van der Waals surface area contributed by atoms with E-state index in [1.807, 2.05) is 56.3 Å². The molecule has 11 heteroatoms. The molecule has 1 aromatic heterocycles. The number of likely N-dealkylation sites (N-methyl/N-ethyl adjacent to an activating group) is 1. The van der Waals surface area contributed by atoms with E-state index in [-0.39, 0.29) is 11.8 Å². The number of nitrogens with zero attached hydrogens (tertiary/aromatic N) is 5. The molecule has 1 saturated heterocycles. The second-order valence-corrected chi connectivity index (χ2v) is 10.5. The number of methoxy groups -OCH3 is 3. The summed E-state index contributed by atoms with van der Waals surface area (Å²) in [6.45, 7) is 7.40. The van der Waals surface area contributed by atoms with Crippen molar-refractivity contribution in [2.75, 3.05) is 69.7 Å². The van der Waals surface area contributed by atoms with Gasteiger partial charge in [-0.1, -0.05) is 30.3 Å². The van der Waals surface area contributed by atoms with E-state index in [2.05, 4.69) is 27.1 Å². The zero-order valence-corrected chi connectivity index (χ0v) is 26.0. The number of aryl methyl sites for hydroxylation is 2. The number of hydrogen-bond donors (Lipinski definition) is 1. The molecule has 1 aliphatic heterocycles. The molecule has 1 aliphatic rings. The van der Waals surface area contributed by atoms with Crippen molar-refractivity contribution in [3.05, 3.63) is 78.0 Å². The summed E-state index contributed by atoms with van der Waals surface area (Å²) in [6, 6.07) is 18.3. The fraction of sp³-hybridized carbons (Fsp3) is 0.303. The lowest BCUT2D eigenvalue weighted by molar-refractivity contribution is 0.209. The molecular formula is C33H38N6O5. The zero-order valence-electron chi connectivity index (χ0n) is 26.0. The fourth-order valence-corrected chi connectivity index (χ4v) is 5.19. The molecule has 0 spiro atoms. The maximum Gasteiger partial charge on any atom is 0.425 e. The van der Waals surface area contributed by atoms with Crippen LogP contribution in [-0.4, -0.2) is 75.5 Å². The van der Waals surface area contributed by atoms with Gasteiger partial charge in [0.25, 0.3) is 0 Å². The highest BCUT2D eigenvalue weighted by atomic mass is 16.6. The average Bonchev–Trinajstić information content (AvgIpc) is 3.03. The first-order valence-corrected chi connectivity index (χ1v) is 14.3. The fourth-order valence-electron chi connectivity index (χ4n) is 5.19. The number of aromatic nitrogens is 2. The highest BCUT2D eigenvalue weighted by molar-refractivity contribution is 5.98. The Morgan fingerprint density at radius 2 is 1.48 bits per heavy atom. The number of rotatable bonds is 9. The third-order valence-electron chi connectivity index (χ3n) is 7.53. The third kappa shape index (κ3) is 6.47. The molecule has 0 bridgehead atoms. The standard InChI is InChI=1S/C33H38N6O5/c1-22-10-9-11-23(2)31(22)44-33(40)39(25-12-7-8-13-26(25)41-4)29-14-15-34-32(36-29)35-24-20-27(42-5)30(28(21-24)43-6)38-18-16-37(3)17-19-38/h7-15,20-21H,16-19H2,1-6H3,(H,34,35,36). The second kappa shape index (κ2) is 13.5. The van der Waals surface area contributed by atoms with Crippen LogP contribution >= 0.6 is 0 Å². The van der Waals surface area contributed by atoms with Gasteiger partial charge < -0.3 is 34.1 Å². The smallest absolute Gasteiger partial charge is 0.425 e. The summed E-state index contributed by atoms with van der Waals surface area (Å²) in [4.78, 5) is 28.9. The monoisotopic (exact) mass is 598 g/mol. The topological polar surface area (TPSA) is 102 Å². The molecule has 4 aromatic rings. The average molecular weight is 599 g/mol. The van der Waals surface area contributed by atoms with Gasteiger partial charge >= 0.3 is 6.09 Å². The van der Waals surface area contributed by atoms with Crippen LogP contribution in [0.4, 0.5) is 33.6 Å². The first-order valence-electron chi connectivity index (χ1n) is 14.3. The first-order chi connectivity index (χ1) is 21.3. The van der Waals surface area contributed by atoms with Crippen molar-refractivity contribution in [2.24, 2.45) is 0 Å². The molecule has 5 rings (SSSR count). The lowest BCUT2D eigenvalue weighted by Crippen LogP contribution is -2.44. The molecule has 11 nitrogen and oxygen atoms in total. The summed E-state index contributed by atoms with van der Waals surface area (Å²) in [5, 5.41) is 3.25. The van der Waals surface area contributed by atoms with E-state index in [9.17, 15) is 4.79 Å². The Labute approximate surface area is 257 Å². The van der Waals surface area contributed by atoms with E-state index in [0.29, 0.717) is 34.4 Å². The Bertz CT molecular complexity index is 1580. The van der Waals surface area contributed by atoms with Gasteiger partial charge in [0.2, 0.25) is 5.95 Å². The van der Waals surface area contributed by atoms with E-state index in [0.717, 1.165) is 43.0 Å². The molecule has 0 unspecified atom stereocenters. The van der Waals surface area contributed by atoms with Gasteiger partial charge in [-0.15, -0.1) is 0 Å². The van der Waals surface area contributed by atoms with Crippen LogP contribution in [0.15, 0.2) is 66.9 Å². The number of hydrogen-bond acceptors (Lipinski definition) is 10. The van der Waals surface area contributed by atoms with E-state index >= 15 is 0 Å². The summed E-state index contributed by atoms with van der Waals surface area (Å²) in [5.41, 5.74) is 3.71. The van der Waals surface area contributed by atoms with Crippen molar-refractivity contribution in [3.63, 3.8) is 0 Å². The lowest BCUT2D eigenvalue weighted by Gasteiger charge is -2.35. The predicted molar refractivity (Wildman–Crippen MR) is 172 cm³/mol. The van der Waals surface area contributed by atoms with Gasteiger partial charge in [-0.3, -0.25) is 0 Å². The summed E-state index contributed by atoms with van der Waals surface area (Å²) >= 11 is 0. The number of nitrogens with one attached hydrogen (secondary N) is 1. The van der Waals surface area contributed by atoms with Crippen LogP contribution in [-0.2, 0) is 0 Å². The molecule has 1 N–H and O–H groups in total. The van der Waals surface area contributed by atoms with Gasteiger partial charge in [0.05, 0.1) is 27.0 Å². The van der Waals surface area contributed by atoms with Gasteiger partial charge in [-0.05, 0) is 44.2 Å². The highest BCUT2D eigenvalue weighted by Crippen LogP contribution is 2.42. The quantitative estimate of drug-likeness (QED) is 0.249. The van der Waals surface area contributed by atoms with Gasteiger partial charge in [-0.25, -0.2) is 14.7 Å². The minimum atomic E-state index is -0.642. The minimum absolute atomic E-state index is 0.263. The van der Waals surface area contributed by atoms with Crippen LogP contribution in [0.1, 0.15) is 11.1 Å². The largest absolute Gasteiger partial charge is 0.495 e. The van der Waals surface area contributed by atoms with Gasteiger partial charge in [0, 0.05) is 56.3 Å². The van der Waals surface area contributed by atoms with E-state index in [1.165, 1.54) is 4.90 Å². The van der Waals surface area contributed by atoms with Gasteiger partial charge in [0.1, 0.15) is 34.5 Å². The summed E-state index contributed by atoms with van der Waals surface area (Å²) in [7, 11) is 6.95. The molecule has 0 saturated carbocycles. The van der Waals surface area contributed by atoms with Crippen molar-refractivity contribution < 1.29 is 23.7 Å². The predicted octanol–water partition coefficient (Wildman–Crippen LogP) is 5.95. The third-order valence-corrected chi connectivity index (χ3v) is 7.53. The molecule has 0 atom stereocenters. The Balaban J connectivity index is 1.50. The molecule has 0 radical (unpaired) electrons. The maximum absolute atomic E-state index is 13.9. The van der Waals surface area contributed by atoms with Crippen LogP contribution in [0, 0.1) is 13.8 Å². The van der Waals surface area contributed by atoms with E-state index in [4.69, 9.17) is 23.9 Å². The van der Waals surface area contributed by atoms with Gasteiger partial charge in [0.15, 0.2) is 0 Å². The number of para-hydroxylation sites is 3. The zero-order chi connectivity index (χ0) is 31.2. The number of benzene rings is 3. The SMILES string of the molecule is COc1ccccc1N(C(=O)Oc1c(C)cccc1C)c1ccnc(Nc2cc(OC)c(N3CCN(C)CC3)c(OC)c2)n1. The second-order valence-electron chi connectivity index (χ2n) is 10.5. The van der Waals surface area contributed by atoms with Crippen molar-refractivity contribution in [1.82, 2.24) is 14.9 Å². The molecule has 3 aromatic carbocycles. The number of carbonyl (C=O) groups excluding carboxylic acids is 1. The van der Waals surface area contributed by atoms with Crippen LogP contribution in [0.5, 0.6) is 23.0 Å². The molecule has 0 aliphatic carbocycles. The maximum atomic E-state index is 13.9. The van der Waals surface area contributed by atoms with Crippen LogP contribution in [0.2, 0.25) is 0 Å². The number of ether oxygens (including phenoxy) is 4. The van der Waals surface area contributed by atoms with Crippen molar-refractivity contribution >= 4 is 34.9 Å². The Morgan fingerprint density at radius 1 is 0.841 bits per heavy atom. The van der Waals surface area contributed by atoms with E-state index < -0.39 is 6.09 Å². The van der Waals surface area contributed by atoms with Crippen LogP contribution in [0.3, 0.4) is 0 Å². The summed E-state index contributed by atoms with van der Waals surface area (Å²) < 4.78 is 23.1. The number of carbonyl (C=O) groups is 1. The van der Waals surface area contributed by atoms with E-state index in [1.54, 1.807) is 45.7 Å². The molecule has 1 fully saturated rings. The van der Waals surface area contributed by atoms with Crippen molar-refractivity contribution in [2.45, 2.75) is 13.8 Å². The minimum Gasteiger partial charge on any atom is -0.495 e. The molecule has 1 amide bonds. The Hall–Kier alpha value is -5.03. The van der Waals surface area contributed by atoms with Gasteiger partial charge in [-0.2, -0.15) is 4.98 Å². The number of anilines is 5. The number of piperazine rings is 1. The summed E-state index contributed by atoms with van der Waals surface area (Å²) in [6.07, 6.45) is 0.934.